The van der Waals surface area contributed by atoms with E-state index in [1.807, 2.05) is 0 Å². The van der Waals surface area contributed by atoms with Crippen molar-refractivity contribution in [1.82, 2.24) is 15.0 Å². The number of aliphatic hydroxyl groups is 3. The molecule has 12 nitrogen and oxygen atoms in total. The van der Waals surface area contributed by atoms with E-state index in [-0.39, 0.29) is 17.8 Å². The summed E-state index contributed by atoms with van der Waals surface area (Å²) in [6.07, 6.45) is 0.107. The van der Waals surface area contributed by atoms with E-state index in [1.54, 1.807) is 36.6 Å². The molecule has 3 heterocycles. The van der Waals surface area contributed by atoms with Crippen LogP contribution in [0.5, 0.6) is 0 Å². The third-order valence-corrected chi connectivity index (χ3v) is 7.96. The molecule has 1 unspecified atom stereocenters. The van der Waals surface area contributed by atoms with Crippen molar-refractivity contribution < 1.29 is 32.7 Å². The molecule has 0 aliphatic heterocycles. The molecular formula is C22H24BrN5O7S2. The summed E-state index contributed by atoms with van der Waals surface area (Å²) in [6.45, 7) is 1.18. The van der Waals surface area contributed by atoms with E-state index in [0.717, 1.165) is 11.3 Å². The van der Waals surface area contributed by atoms with Crippen LogP contribution in [0.1, 0.15) is 39.8 Å². The van der Waals surface area contributed by atoms with Crippen molar-refractivity contribution in [2.45, 2.75) is 37.2 Å². The fourth-order valence-corrected chi connectivity index (χ4v) is 5.74. The number of carbonyl (C=O) groups is 1. The van der Waals surface area contributed by atoms with Gasteiger partial charge in [0.15, 0.2) is 0 Å². The molecular weight excluding hydrogens is 590 g/mol. The van der Waals surface area contributed by atoms with E-state index >= 15 is 0 Å². The lowest BCUT2D eigenvalue weighted by molar-refractivity contribution is 0.00778. The van der Waals surface area contributed by atoms with Crippen molar-refractivity contribution in [3.05, 3.63) is 68.5 Å². The Kier molecular flexibility index (Phi) is 8.06. The molecule has 5 atom stereocenters. The molecule has 1 fully saturated rings. The average molecular weight is 615 g/mol. The second kappa shape index (κ2) is 10.8. The SMILES string of the molecule is CC(O)(c1csc(C(=O)c2cncnc2N[C@@H]2C[C@H](COS(N)(=O)=O)[C@@H](O)[C@H]2O)c1)c1cccc(Br)n1. The highest BCUT2D eigenvalue weighted by atomic mass is 79.9. The fraction of sp³-hybridized carbons (Fsp3) is 0.364. The number of rotatable bonds is 9. The number of hydrogen-bond donors (Lipinski definition) is 5. The third kappa shape index (κ3) is 6.21. The largest absolute Gasteiger partial charge is 0.390 e. The number of nitrogens with two attached hydrogens (primary N) is 1. The number of nitrogens with zero attached hydrogens (tertiary/aromatic N) is 3. The van der Waals surface area contributed by atoms with Crippen LogP contribution in [0, 0.1) is 5.92 Å². The van der Waals surface area contributed by atoms with Gasteiger partial charge in [0.2, 0.25) is 5.78 Å². The summed E-state index contributed by atoms with van der Waals surface area (Å²) >= 11 is 4.42. The Hall–Kier alpha value is -2.37. The van der Waals surface area contributed by atoms with Crippen LogP contribution in [0.2, 0.25) is 0 Å². The molecule has 6 N–H and O–H groups in total. The summed E-state index contributed by atoms with van der Waals surface area (Å²) in [4.78, 5) is 26.1. The van der Waals surface area contributed by atoms with Crippen LogP contribution in [0.4, 0.5) is 5.82 Å². The number of aromatic nitrogens is 3. The zero-order valence-electron chi connectivity index (χ0n) is 19.4. The molecule has 0 bridgehead atoms. The lowest BCUT2D eigenvalue weighted by Crippen LogP contribution is -2.36. The van der Waals surface area contributed by atoms with Gasteiger partial charge in [0.05, 0.1) is 34.9 Å². The molecule has 0 radical (unpaired) electrons. The summed E-state index contributed by atoms with van der Waals surface area (Å²) in [6, 6.07) is 5.98. The van der Waals surface area contributed by atoms with Crippen LogP contribution in [-0.4, -0.2) is 69.3 Å². The van der Waals surface area contributed by atoms with E-state index in [2.05, 4.69) is 40.4 Å². The van der Waals surface area contributed by atoms with Gasteiger partial charge in [-0.05, 0) is 52.9 Å². The summed E-state index contributed by atoms with van der Waals surface area (Å²) in [5.41, 5.74) is -0.462. The smallest absolute Gasteiger partial charge is 0.333 e. The molecule has 198 valence electrons. The highest BCUT2D eigenvalue weighted by molar-refractivity contribution is 9.10. The Balaban J connectivity index is 1.53. The van der Waals surface area contributed by atoms with Crippen molar-refractivity contribution in [3.63, 3.8) is 0 Å². The van der Waals surface area contributed by atoms with Crippen molar-refractivity contribution in [2.24, 2.45) is 11.1 Å². The maximum absolute atomic E-state index is 13.4. The second-order valence-corrected chi connectivity index (χ2v) is 11.7. The van der Waals surface area contributed by atoms with Gasteiger partial charge in [-0.25, -0.2) is 20.1 Å². The first-order valence-corrected chi connectivity index (χ1v) is 14.1. The van der Waals surface area contributed by atoms with Gasteiger partial charge < -0.3 is 20.6 Å². The molecule has 3 aromatic heterocycles. The Labute approximate surface area is 225 Å². The minimum atomic E-state index is -4.21. The number of nitrogens with one attached hydrogen (secondary N) is 1. The number of carbonyl (C=O) groups excluding carboxylic acids is 1. The van der Waals surface area contributed by atoms with Gasteiger partial charge in [-0.3, -0.25) is 8.98 Å². The van der Waals surface area contributed by atoms with Crippen LogP contribution in [0.15, 0.2) is 46.8 Å². The minimum Gasteiger partial charge on any atom is -0.390 e. The van der Waals surface area contributed by atoms with Gasteiger partial charge in [0.25, 0.3) is 0 Å². The number of pyridine rings is 1. The lowest BCUT2D eigenvalue weighted by Gasteiger charge is -2.21. The molecule has 0 spiro atoms. The predicted molar refractivity (Wildman–Crippen MR) is 137 cm³/mol. The Morgan fingerprint density at radius 3 is 2.81 bits per heavy atom. The van der Waals surface area contributed by atoms with E-state index in [4.69, 9.17) is 5.14 Å². The van der Waals surface area contributed by atoms with Gasteiger partial charge in [0.1, 0.15) is 28.5 Å². The zero-order chi connectivity index (χ0) is 27.0. The van der Waals surface area contributed by atoms with Gasteiger partial charge in [-0.2, -0.15) is 8.42 Å². The van der Waals surface area contributed by atoms with Gasteiger partial charge in [0, 0.05) is 17.7 Å². The van der Waals surface area contributed by atoms with Crippen molar-refractivity contribution in [1.29, 1.82) is 0 Å². The molecule has 4 rings (SSSR count). The normalized spacial score (nSPS) is 23.5. The van der Waals surface area contributed by atoms with E-state index in [0.29, 0.717) is 20.7 Å². The molecule has 15 heteroatoms. The first-order chi connectivity index (χ1) is 17.4. The Morgan fingerprint density at radius 1 is 1.35 bits per heavy atom. The number of hydrogen-bond acceptors (Lipinski definition) is 12. The van der Waals surface area contributed by atoms with Gasteiger partial charge in [-0.1, -0.05) is 6.07 Å². The van der Waals surface area contributed by atoms with Crippen LogP contribution < -0.4 is 10.5 Å². The highest BCUT2D eigenvalue weighted by Gasteiger charge is 2.42. The van der Waals surface area contributed by atoms with E-state index in [1.165, 1.54) is 12.5 Å². The maximum Gasteiger partial charge on any atom is 0.333 e. The summed E-state index contributed by atoms with van der Waals surface area (Å²) in [7, 11) is -4.21. The zero-order valence-corrected chi connectivity index (χ0v) is 22.6. The van der Waals surface area contributed by atoms with E-state index in [9.17, 15) is 28.5 Å². The second-order valence-electron chi connectivity index (χ2n) is 8.74. The molecule has 37 heavy (non-hydrogen) atoms. The standard InChI is InChI=1S/C22H24BrN5O7S2/c1-22(32,16-3-2-4-17(23)28-16)12-6-15(36-9-12)19(30)13-7-25-10-26-21(13)27-14-5-11(18(29)20(14)31)8-35-37(24,33)34/h2-4,6-7,9-11,14,18,20,29,31-32H,5,8H2,1H3,(H2,24,33,34)(H,25,26,27)/t11-,14-,18-,20+,22?/m1/s1. The summed E-state index contributed by atoms with van der Waals surface area (Å²) in [5.74, 6) is -1.01. The first kappa shape index (κ1) is 27.7. The lowest BCUT2D eigenvalue weighted by atomic mass is 9.94. The first-order valence-electron chi connectivity index (χ1n) is 11.0. The van der Waals surface area contributed by atoms with E-state index < -0.39 is 52.5 Å². The van der Waals surface area contributed by atoms with Gasteiger partial charge in [-0.15, -0.1) is 11.3 Å². The Morgan fingerprint density at radius 2 is 2.11 bits per heavy atom. The highest BCUT2D eigenvalue weighted by Crippen LogP contribution is 2.34. The number of ketones is 1. The van der Waals surface area contributed by atoms with Crippen molar-refractivity contribution in [2.75, 3.05) is 11.9 Å². The number of halogens is 1. The monoisotopic (exact) mass is 613 g/mol. The van der Waals surface area contributed by atoms with Crippen LogP contribution >= 0.6 is 27.3 Å². The Bertz CT molecular complexity index is 1400. The van der Waals surface area contributed by atoms with Crippen LogP contribution in [0.3, 0.4) is 0 Å². The molecule has 3 aromatic rings. The fourth-order valence-electron chi connectivity index (χ4n) is 4.07. The number of anilines is 1. The van der Waals surface area contributed by atoms with Crippen LogP contribution in [0.25, 0.3) is 0 Å². The molecule has 1 aliphatic carbocycles. The molecule has 1 saturated carbocycles. The molecule has 1 aliphatic rings. The topological polar surface area (TPSA) is 198 Å². The van der Waals surface area contributed by atoms with Gasteiger partial charge >= 0.3 is 10.3 Å². The van der Waals surface area contributed by atoms with Crippen LogP contribution in [-0.2, 0) is 20.1 Å². The minimum absolute atomic E-state index is 0.113. The van der Waals surface area contributed by atoms with Crippen molar-refractivity contribution >= 4 is 49.2 Å². The molecule has 0 amide bonds. The predicted octanol–water partition coefficient (Wildman–Crippen LogP) is 0.925. The summed E-state index contributed by atoms with van der Waals surface area (Å²) in [5, 5.41) is 41.4. The quantitative estimate of drug-likeness (QED) is 0.170. The third-order valence-electron chi connectivity index (χ3n) is 6.13. The summed E-state index contributed by atoms with van der Waals surface area (Å²) < 4.78 is 27.3. The maximum atomic E-state index is 13.4. The number of thiophene rings is 1. The van der Waals surface area contributed by atoms with Crippen molar-refractivity contribution in [3.8, 4) is 0 Å². The molecule has 0 aromatic carbocycles. The average Bonchev–Trinajstić information content (AvgIpc) is 3.44. The molecule has 0 saturated heterocycles. The number of aliphatic hydroxyl groups excluding tert-OH is 2.